The Balaban J connectivity index is 1.77. The monoisotopic (exact) mass is 343 g/mol. The molecular weight excluding hydrogens is 326 g/mol. The van der Waals surface area contributed by atoms with Gasteiger partial charge in [-0.05, 0) is 47.0 Å². The number of hydrogen-bond acceptors (Lipinski definition) is 5. The van der Waals surface area contributed by atoms with E-state index in [0.29, 0.717) is 0 Å². The molecule has 0 aliphatic heterocycles. The molecule has 2 rings (SSSR count). The van der Waals surface area contributed by atoms with Crippen LogP contribution in [0.1, 0.15) is 11.3 Å². The first kappa shape index (κ1) is 14.6. The summed E-state index contributed by atoms with van der Waals surface area (Å²) in [6.45, 7) is 3.54. The molecule has 0 aliphatic rings. The molecule has 7 heteroatoms. The fraction of sp³-hybridized carbons (Fsp3) is 0.500. The number of aromatic nitrogens is 3. The van der Waals surface area contributed by atoms with Crippen molar-refractivity contribution in [3.05, 3.63) is 32.7 Å². The van der Waals surface area contributed by atoms with Gasteiger partial charge < -0.3 is 10.2 Å². The summed E-state index contributed by atoms with van der Waals surface area (Å²) in [5, 5.41) is 13.5. The average molecular weight is 344 g/mol. The highest BCUT2D eigenvalue weighted by Gasteiger charge is 2.04. The molecule has 104 valence electrons. The summed E-state index contributed by atoms with van der Waals surface area (Å²) in [6.07, 6.45) is 1.99. The zero-order valence-corrected chi connectivity index (χ0v) is 13.5. The molecule has 0 unspecified atom stereocenters. The van der Waals surface area contributed by atoms with Crippen LogP contribution >= 0.6 is 27.3 Å². The predicted molar refractivity (Wildman–Crippen MR) is 81.1 cm³/mol. The zero-order valence-electron chi connectivity index (χ0n) is 11.1. The van der Waals surface area contributed by atoms with Crippen LogP contribution in [0.4, 0.5) is 0 Å². The molecule has 19 heavy (non-hydrogen) atoms. The Bertz CT molecular complexity index is 510. The van der Waals surface area contributed by atoms with Crippen LogP contribution in [0.15, 0.2) is 21.4 Å². The highest BCUT2D eigenvalue weighted by molar-refractivity contribution is 9.11. The molecule has 2 aromatic rings. The third kappa shape index (κ3) is 4.68. The first-order valence-electron chi connectivity index (χ1n) is 6.12. The largest absolute Gasteiger partial charge is 0.314 e. The number of nitrogens with zero attached hydrogens (tertiary/aromatic N) is 4. The first-order chi connectivity index (χ1) is 9.17. The van der Waals surface area contributed by atoms with E-state index in [4.69, 9.17) is 0 Å². The Morgan fingerprint density at radius 2 is 2.37 bits per heavy atom. The van der Waals surface area contributed by atoms with Gasteiger partial charge in [-0.3, -0.25) is 4.68 Å². The fourth-order valence-electron chi connectivity index (χ4n) is 1.80. The molecule has 0 spiro atoms. The molecular formula is C12H18BrN5S. The van der Waals surface area contributed by atoms with Crippen LogP contribution in [0.3, 0.4) is 0 Å². The van der Waals surface area contributed by atoms with Gasteiger partial charge in [-0.1, -0.05) is 5.21 Å². The van der Waals surface area contributed by atoms with Crippen molar-refractivity contribution in [2.45, 2.75) is 19.6 Å². The lowest BCUT2D eigenvalue weighted by molar-refractivity contribution is 0.304. The highest BCUT2D eigenvalue weighted by atomic mass is 79.9. The van der Waals surface area contributed by atoms with Gasteiger partial charge in [0, 0.05) is 25.8 Å². The molecule has 2 aromatic heterocycles. The summed E-state index contributed by atoms with van der Waals surface area (Å²) >= 11 is 5.21. The standard InChI is InChI=1S/C12H18BrN5S/c1-14-6-11-8-18(16-15-11)4-3-17(2)7-10-5-12(13)19-9-10/h5,8-9,14H,3-4,6-7H2,1-2H3. The Hall–Kier alpha value is -0.760. The summed E-state index contributed by atoms with van der Waals surface area (Å²) in [7, 11) is 4.03. The second-order valence-electron chi connectivity index (χ2n) is 4.50. The molecule has 1 N–H and O–H groups in total. The maximum atomic E-state index is 4.11. The summed E-state index contributed by atoms with van der Waals surface area (Å²) in [4.78, 5) is 2.29. The number of likely N-dealkylation sites (N-methyl/N-ethyl adjacent to an activating group) is 1. The van der Waals surface area contributed by atoms with E-state index in [0.717, 1.165) is 31.9 Å². The van der Waals surface area contributed by atoms with Gasteiger partial charge in [0.25, 0.3) is 0 Å². The van der Waals surface area contributed by atoms with Crippen molar-refractivity contribution in [1.82, 2.24) is 25.2 Å². The summed E-state index contributed by atoms with van der Waals surface area (Å²) in [5.41, 5.74) is 2.32. The van der Waals surface area contributed by atoms with E-state index in [9.17, 15) is 0 Å². The van der Waals surface area contributed by atoms with Gasteiger partial charge in [-0.2, -0.15) is 0 Å². The quantitative estimate of drug-likeness (QED) is 0.834. The van der Waals surface area contributed by atoms with Gasteiger partial charge in [-0.15, -0.1) is 16.4 Å². The number of rotatable bonds is 7. The molecule has 0 radical (unpaired) electrons. The van der Waals surface area contributed by atoms with E-state index >= 15 is 0 Å². The van der Waals surface area contributed by atoms with Crippen molar-refractivity contribution in [1.29, 1.82) is 0 Å². The molecule has 0 saturated carbocycles. The van der Waals surface area contributed by atoms with Crippen LogP contribution in [0, 0.1) is 0 Å². The number of nitrogens with one attached hydrogen (secondary N) is 1. The summed E-state index contributed by atoms with van der Waals surface area (Å²) < 4.78 is 3.08. The Morgan fingerprint density at radius 1 is 1.53 bits per heavy atom. The second-order valence-corrected chi connectivity index (χ2v) is 6.79. The van der Waals surface area contributed by atoms with Crippen LogP contribution in [0.25, 0.3) is 0 Å². The number of thiophene rings is 1. The molecule has 0 fully saturated rings. The van der Waals surface area contributed by atoms with Crippen LogP contribution in [0.5, 0.6) is 0 Å². The molecule has 0 aromatic carbocycles. The fourth-order valence-corrected chi connectivity index (χ4v) is 3.00. The van der Waals surface area contributed by atoms with Crippen molar-refractivity contribution in [2.24, 2.45) is 0 Å². The van der Waals surface area contributed by atoms with Gasteiger partial charge >= 0.3 is 0 Å². The molecule has 0 amide bonds. The van der Waals surface area contributed by atoms with Gasteiger partial charge in [0.05, 0.1) is 16.0 Å². The Kier molecular flexibility index (Phi) is 5.50. The van der Waals surface area contributed by atoms with E-state index in [1.165, 1.54) is 9.35 Å². The lowest BCUT2D eigenvalue weighted by Gasteiger charge is -2.15. The summed E-state index contributed by atoms with van der Waals surface area (Å²) in [5.74, 6) is 0. The van der Waals surface area contributed by atoms with E-state index in [-0.39, 0.29) is 0 Å². The van der Waals surface area contributed by atoms with Gasteiger partial charge in [0.2, 0.25) is 0 Å². The lowest BCUT2D eigenvalue weighted by atomic mass is 10.3. The van der Waals surface area contributed by atoms with Gasteiger partial charge in [0.15, 0.2) is 0 Å². The normalized spacial score (nSPS) is 11.4. The van der Waals surface area contributed by atoms with Crippen molar-refractivity contribution in [3.8, 4) is 0 Å². The minimum Gasteiger partial charge on any atom is -0.314 e. The maximum absolute atomic E-state index is 4.11. The average Bonchev–Trinajstić information content (AvgIpc) is 2.97. The Morgan fingerprint density at radius 3 is 3.05 bits per heavy atom. The highest BCUT2D eigenvalue weighted by Crippen LogP contribution is 2.21. The SMILES string of the molecule is CNCc1cn(CCN(C)Cc2csc(Br)c2)nn1. The smallest absolute Gasteiger partial charge is 0.0964 e. The van der Waals surface area contributed by atoms with E-state index in [1.54, 1.807) is 11.3 Å². The van der Waals surface area contributed by atoms with Gasteiger partial charge in [0.1, 0.15) is 0 Å². The van der Waals surface area contributed by atoms with Crippen molar-refractivity contribution >= 4 is 27.3 Å². The van der Waals surface area contributed by atoms with Crippen LogP contribution in [-0.2, 0) is 19.6 Å². The van der Waals surface area contributed by atoms with E-state index in [1.807, 2.05) is 17.9 Å². The second kappa shape index (κ2) is 7.14. The third-order valence-electron chi connectivity index (χ3n) is 2.73. The third-order valence-corrected chi connectivity index (χ3v) is 4.28. The zero-order chi connectivity index (χ0) is 13.7. The van der Waals surface area contributed by atoms with Crippen LogP contribution in [-0.4, -0.2) is 40.5 Å². The molecule has 0 saturated heterocycles. The van der Waals surface area contributed by atoms with Crippen LogP contribution in [0.2, 0.25) is 0 Å². The number of hydrogen-bond donors (Lipinski definition) is 1. The van der Waals surface area contributed by atoms with Crippen LogP contribution < -0.4 is 5.32 Å². The van der Waals surface area contributed by atoms with Crippen molar-refractivity contribution in [3.63, 3.8) is 0 Å². The minimum atomic E-state index is 0.763. The predicted octanol–water partition coefficient (Wildman–Crippen LogP) is 1.95. The van der Waals surface area contributed by atoms with E-state index in [2.05, 4.69) is 55.0 Å². The molecule has 5 nitrogen and oxygen atoms in total. The van der Waals surface area contributed by atoms with E-state index < -0.39 is 0 Å². The number of halogens is 1. The van der Waals surface area contributed by atoms with Crippen molar-refractivity contribution < 1.29 is 0 Å². The summed E-state index contributed by atoms with van der Waals surface area (Å²) in [6, 6.07) is 2.17. The molecule has 0 bridgehead atoms. The Labute approximate surface area is 125 Å². The first-order valence-corrected chi connectivity index (χ1v) is 7.79. The molecule has 0 atom stereocenters. The lowest BCUT2D eigenvalue weighted by Crippen LogP contribution is -2.22. The van der Waals surface area contributed by atoms with Gasteiger partial charge in [-0.25, -0.2) is 0 Å². The maximum Gasteiger partial charge on any atom is 0.0964 e. The molecule has 2 heterocycles. The molecule has 0 aliphatic carbocycles. The van der Waals surface area contributed by atoms with Crippen molar-refractivity contribution in [2.75, 3.05) is 20.6 Å². The minimum absolute atomic E-state index is 0.763. The topological polar surface area (TPSA) is 46.0 Å².